The zero-order valence-corrected chi connectivity index (χ0v) is 15.0. The van der Waals surface area contributed by atoms with Crippen molar-refractivity contribution in [2.75, 3.05) is 6.61 Å². The lowest BCUT2D eigenvalue weighted by Crippen LogP contribution is -2.33. The van der Waals surface area contributed by atoms with Crippen molar-refractivity contribution in [3.63, 3.8) is 0 Å². The van der Waals surface area contributed by atoms with Gasteiger partial charge in [-0.1, -0.05) is 36.4 Å². The number of hydrogen-bond donors (Lipinski definition) is 1. The molecule has 0 fully saturated rings. The largest absolute Gasteiger partial charge is 0.484 e. The molecule has 1 aromatic heterocycles. The van der Waals surface area contributed by atoms with E-state index in [4.69, 9.17) is 4.74 Å². The topological polar surface area (TPSA) is 51.2 Å². The molecule has 0 saturated heterocycles. The summed E-state index contributed by atoms with van der Waals surface area (Å²) in [5.74, 6) is 0.535. The molecule has 0 aliphatic rings. The Bertz CT molecular complexity index is 804. The highest BCUT2D eigenvalue weighted by Crippen LogP contribution is 2.21. The van der Waals surface area contributed by atoms with Gasteiger partial charge in [0.2, 0.25) is 0 Å². The molecule has 3 aromatic rings. The van der Waals surface area contributed by atoms with Gasteiger partial charge in [0.25, 0.3) is 5.91 Å². The molecule has 4 heteroatoms. The minimum Gasteiger partial charge on any atom is -0.484 e. The van der Waals surface area contributed by atoms with Crippen molar-refractivity contribution in [3.8, 4) is 5.75 Å². The number of aryl methyl sites for hydroxylation is 2. The van der Waals surface area contributed by atoms with E-state index in [1.54, 1.807) is 12.4 Å². The molecule has 0 saturated carbocycles. The molecule has 1 N–H and O–H groups in total. The molecule has 1 amide bonds. The van der Waals surface area contributed by atoms with E-state index in [9.17, 15) is 4.79 Å². The van der Waals surface area contributed by atoms with E-state index in [1.807, 2.05) is 68.4 Å². The Hall–Kier alpha value is -3.14. The molecule has 1 atom stereocenters. The second-order valence-corrected chi connectivity index (χ2v) is 6.30. The highest BCUT2D eigenvalue weighted by Gasteiger charge is 2.17. The lowest BCUT2D eigenvalue weighted by Gasteiger charge is -2.20. The molecular weight excluding hydrogens is 324 g/mol. The molecule has 1 heterocycles. The number of rotatable bonds is 6. The molecule has 0 unspecified atom stereocenters. The van der Waals surface area contributed by atoms with Crippen LogP contribution in [-0.2, 0) is 4.79 Å². The number of aromatic nitrogens is 1. The first kappa shape index (κ1) is 17.7. The molecule has 132 valence electrons. The molecule has 0 bridgehead atoms. The van der Waals surface area contributed by atoms with Crippen LogP contribution in [0.3, 0.4) is 0 Å². The van der Waals surface area contributed by atoms with E-state index < -0.39 is 0 Å². The van der Waals surface area contributed by atoms with Crippen LogP contribution in [-0.4, -0.2) is 17.5 Å². The number of carbonyl (C=O) groups excluding carboxylic acids is 1. The molecule has 2 aromatic carbocycles. The van der Waals surface area contributed by atoms with Gasteiger partial charge in [0.1, 0.15) is 5.75 Å². The van der Waals surface area contributed by atoms with E-state index in [2.05, 4.69) is 16.4 Å². The van der Waals surface area contributed by atoms with Gasteiger partial charge in [0, 0.05) is 12.4 Å². The van der Waals surface area contributed by atoms with Gasteiger partial charge in [-0.25, -0.2) is 0 Å². The number of hydrogen-bond acceptors (Lipinski definition) is 3. The third-order valence-corrected chi connectivity index (χ3v) is 4.04. The van der Waals surface area contributed by atoms with Crippen LogP contribution in [0, 0.1) is 13.8 Å². The van der Waals surface area contributed by atoms with Crippen molar-refractivity contribution in [3.05, 3.63) is 95.3 Å². The van der Waals surface area contributed by atoms with Crippen molar-refractivity contribution < 1.29 is 9.53 Å². The van der Waals surface area contributed by atoms with Gasteiger partial charge in [0.15, 0.2) is 6.61 Å². The summed E-state index contributed by atoms with van der Waals surface area (Å²) >= 11 is 0. The van der Waals surface area contributed by atoms with E-state index in [0.717, 1.165) is 22.3 Å². The number of ether oxygens (including phenoxy) is 1. The number of nitrogens with zero attached hydrogens (tertiary/aromatic N) is 1. The maximum atomic E-state index is 12.5. The first-order valence-corrected chi connectivity index (χ1v) is 8.57. The van der Waals surface area contributed by atoms with Crippen molar-refractivity contribution in [2.45, 2.75) is 19.9 Å². The standard InChI is InChI=1S/C22H22N2O2/c1-16-12-17(2)14-20(13-16)26-15-21(25)24-22(18-6-4-3-5-7-18)19-8-10-23-11-9-19/h3-14,22H,15H2,1-2H3,(H,24,25)/t22-/m1/s1. The van der Waals surface area contributed by atoms with Crippen LogP contribution in [0.5, 0.6) is 5.75 Å². The molecule has 0 radical (unpaired) electrons. The Morgan fingerprint density at radius 2 is 1.58 bits per heavy atom. The molecule has 0 aliphatic carbocycles. The fourth-order valence-corrected chi connectivity index (χ4v) is 2.93. The van der Waals surface area contributed by atoms with Crippen molar-refractivity contribution in [1.29, 1.82) is 0 Å². The summed E-state index contributed by atoms with van der Waals surface area (Å²) in [6.45, 7) is 3.99. The SMILES string of the molecule is Cc1cc(C)cc(OCC(=O)N[C@H](c2ccccc2)c2ccncc2)c1. The number of carbonyl (C=O) groups is 1. The first-order chi connectivity index (χ1) is 12.6. The third-order valence-electron chi connectivity index (χ3n) is 4.04. The van der Waals surface area contributed by atoms with E-state index >= 15 is 0 Å². The Balaban J connectivity index is 1.71. The van der Waals surface area contributed by atoms with Gasteiger partial charge in [-0.15, -0.1) is 0 Å². The van der Waals surface area contributed by atoms with Gasteiger partial charge < -0.3 is 10.1 Å². The van der Waals surface area contributed by atoms with Gasteiger partial charge in [-0.05, 0) is 60.4 Å². The fraction of sp³-hybridized carbons (Fsp3) is 0.182. The summed E-state index contributed by atoms with van der Waals surface area (Å²) in [5, 5.41) is 3.06. The van der Waals surface area contributed by atoms with Crippen molar-refractivity contribution in [1.82, 2.24) is 10.3 Å². The number of benzene rings is 2. The Morgan fingerprint density at radius 1 is 0.962 bits per heavy atom. The highest BCUT2D eigenvalue weighted by molar-refractivity contribution is 5.78. The summed E-state index contributed by atoms with van der Waals surface area (Å²) in [5.41, 5.74) is 4.21. The molecule has 0 spiro atoms. The predicted molar refractivity (Wildman–Crippen MR) is 102 cm³/mol. The van der Waals surface area contributed by atoms with Crippen LogP contribution in [0.1, 0.15) is 28.3 Å². The summed E-state index contributed by atoms with van der Waals surface area (Å²) in [6.07, 6.45) is 3.45. The number of nitrogens with one attached hydrogen (secondary N) is 1. The zero-order chi connectivity index (χ0) is 18.4. The van der Waals surface area contributed by atoms with Crippen LogP contribution in [0.15, 0.2) is 73.1 Å². The zero-order valence-electron chi connectivity index (χ0n) is 15.0. The lowest BCUT2D eigenvalue weighted by molar-refractivity contribution is -0.123. The summed E-state index contributed by atoms with van der Waals surface area (Å²) in [4.78, 5) is 16.5. The summed E-state index contributed by atoms with van der Waals surface area (Å²) in [6, 6.07) is 19.4. The summed E-state index contributed by atoms with van der Waals surface area (Å²) in [7, 11) is 0. The summed E-state index contributed by atoms with van der Waals surface area (Å²) < 4.78 is 5.68. The monoisotopic (exact) mass is 346 g/mol. The number of pyridine rings is 1. The van der Waals surface area contributed by atoms with E-state index in [-0.39, 0.29) is 18.6 Å². The van der Waals surface area contributed by atoms with Crippen molar-refractivity contribution in [2.24, 2.45) is 0 Å². The van der Waals surface area contributed by atoms with Crippen LogP contribution in [0.2, 0.25) is 0 Å². The average Bonchev–Trinajstić information content (AvgIpc) is 2.65. The Morgan fingerprint density at radius 3 is 2.23 bits per heavy atom. The van der Waals surface area contributed by atoms with Gasteiger partial charge in [0.05, 0.1) is 6.04 Å². The van der Waals surface area contributed by atoms with Crippen LogP contribution < -0.4 is 10.1 Å². The smallest absolute Gasteiger partial charge is 0.258 e. The molecule has 3 rings (SSSR count). The maximum Gasteiger partial charge on any atom is 0.258 e. The third kappa shape index (κ3) is 4.70. The van der Waals surface area contributed by atoms with Gasteiger partial charge >= 0.3 is 0 Å². The molecule has 4 nitrogen and oxygen atoms in total. The molecule has 26 heavy (non-hydrogen) atoms. The van der Waals surface area contributed by atoms with E-state index in [1.165, 1.54) is 0 Å². The average molecular weight is 346 g/mol. The van der Waals surface area contributed by atoms with Crippen molar-refractivity contribution >= 4 is 5.91 Å². The predicted octanol–water partition coefficient (Wildman–Crippen LogP) is 3.98. The quantitative estimate of drug-likeness (QED) is 0.734. The van der Waals surface area contributed by atoms with Crippen LogP contribution >= 0.6 is 0 Å². The minimum absolute atomic E-state index is 0.0304. The number of amides is 1. The first-order valence-electron chi connectivity index (χ1n) is 8.57. The molecular formula is C22H22N2O2. The van der Waals surface area contributed by atoms with Gasteiger partial charge in [-0.3, -0.25) is 9.78 Å². The second kappa shape index (κ2) is 8.30. The van der Waals surface area contributed by atoms with Gasteiger partial charge in [-0.2, -0.15) is 0 Å². The maximum absolute atomic E-state index is 12.5. The minimum atomic E-state index is -0.241. The van der Waals surface area contributed by atoms with Crippen LogP contribution in [0.4, 0.5) is 0 Å². The highest BCUT2D eigenvalue weighted by atomic mass is 16.5. The Labute approximate surface area is 153 Å². The van der Waals surface area contributed by atoms with Crippen LogP contribution in [0.25, 0.3) is 0 Å². The second-order valence-electron chi connectivity index (χ2n) is 6.30. The Kier molecular flexibility index (Phi) is 5.64. The lowest BCUT2D eigenvalue weighted by atomic mass is 10.00. The fourth-order valence-electron chi connectivity index (χ4n) is 2.93. The normalized spacial score (nSPS) is 11.6. The molecule has 0 aliphatic heterocycles. The van der Waals surface area contributed by atoms with E-state index in [0.29, 0.717) is 5.75 Å².